The van der Waals surface area contributed by atoms with E-state index in [-0.39, 0.29) is 17.0 Å². The fourth-order valence-corrected chi connectivity index (χ4v) is 1.21. The van der Waals surface area contributed by atoms with Gasteiger partial charge in [-0.2, -0.15) is 0 Å². The first-order valence-corrected chi connectivity index (χ1v) is 4.28. The minimum atomic E-state index is -2.85. The molecule has 0 aliphatic heterocycles. The number of hydrogen-bond donors (Lipinski definition) is 1. The maximum atomic E-state index is 12.7. The Hall–Kier alpha value is -0.740. The molecule has 0 heterocycles. The number of halogens is 4. The topological polar surface area (TPSA) is 20.2 Å². The Balaban J connectivity index is 2.80. The Bertz CT molecular complexity index is 317. The summed E-state index contributed by atoms with van der Waals surface area (Å²) in [5.74, 6) is -0.564. The standard InChI is InChI=1S/C9H8ClF3O/c10-7-2-1-6(11)3-5(7)4-8(14)9(12)13/h1-3,8-9,14H,4H2. The molecule has 0 saturated carbocycles. The summed E-state index contributed by atoms with van der Waals surface area (Å²) in [6.07, 6.45) is -5.02. The Kier molecular flexibility index (Phi) is 3.77. The lowest BCUT2D eigenvalue weighted by atomic mass is 10.1. The third kappa shape index (κ3) is 2.89. The summed E-state index contributed by atoms with van der Waals surface area (Å²) < 4.78 is 36.6. The number of aliphatic hydroxyl groups excluding tert-OH is 1. The molecule has 0 saturated heterocycles. The molecule has 1 aromatic carbocycles. The molecule has 0 radical (unpaired) electrons. The van der Waals surface area contributed by atoms with Crippen LogP contribution in [-0.4, -0.2) is 17.6 Å². The van der Waals surface area contributed by atoms with Gasteiger partial charge in [0.15, 0.2) is 0 Å². The zero-order valence-electron chi connectivity index (χ0n) is 7.05. The van der Waals surface area contributed by atoms with Crippen LogP contribution in [0.4, 0.5) is 13.2 Å². The second-order valence-corrected chi connectivity index (χ2v) is 3.25. The van der Waals surface area contributed by atoms with Crippen LogP contribution in [0.3, 0.4) is 0 Å². The second kappa shape index (κ2) is 4.66. The predicted molar refractivity (Wildman–Crippen MR) is 47.1 cm³/mol. The van der Waals surface area contributed by atoms with E-state index in [1.807, 2.05) is 0 Å². The summed E-state index contributed by atoms with van der Waals surface area (Å²) in [7, 11) is 0. The molecule has 14 heavy (non-hydrogen) atoms. The minimum Gasteiger partial charge on any atom is -0.387 e. The first-order chi connectivity index (χ1) is 6.50. The summed E-state index contributed by atoms with van der Waals surface area (Å²) >= 11 is 5.62. The molecule has 78 valence electrons. The van der Waals surface area contributed by atoms with Crippen molar-refractivity contribution in [2.24, 2.45) is 0 Å². The van der Waals surface area contributed by atoms with Gasteiger partial charge < -0.3 is 5.11 Å². The fourth-order valence-electron chi connectivity index (χ4n) is 1.01. The summed E-state index contributed by atoms with van der Waals surface area (Å²) in [6, 6.07) is 3.43. The van der Waals surface area contributed by atoms with Crippen LogP contribution in [0, 0.1) is 5.82 Å². The van der Waals surface area contributed by atoms with E-state index in [1.165, 1.54) is 6.07 Å². The maximum Gasteiger partial charge on any atom is 0.264 e. The van der Waals surface area contributed by atoms with E-state index in [2.05, 4.69) is 0 Å². The van der Waals surface area contributed by atoms with Gasteiger partial charge in [0.05, 0.1) is 0 Å². The molecular formula is C9H8ClF3O. The van der Waals surface area contributed by atoms with Crippen molar-refractivity contribution < 1.29 is 18.3 Å². The van der Waals surface area contributed by atoms with Gasteiger partial charge in [0.25, 0.3) is 6.43 Å². The Morgan fingerprint density at radius 2 is 2.00 bits per heavy atom. The monoisotopic (exact) mass is 224 g/mol. The number of aliphatic hydroxyl groups is 1. The van der Waals surface area contributed by atoms with E-state index >= 15 is 0 Å². The zero-order chi connectivity index (χ0) is 10.7. The first kappa shape index (κ1) is 11.3. The largest absolute Gasteiger partial charge is 0.387 e. The van der Waals surface area contributed by atoms with Crippen LogP contribution >= 0.6 is 11.6 Å². The molecule has 1 nitrogen and oxygen atoms in total. The van der Waals surface area contributed by atoms with Crippen molar-refractivity contribution in [3.05, 3.63) is 34.6 Å². The molecule has 0 fully saturated rings. The van der Waals surface area contributed by atoms with Crippen LogP contribution in [0.2, 0.25) is 5.02 Å². The summed E-state index contributed by atoms with van der Waals surface area (Å²) in [5.41, 5.74) is 0.180. The van der Waals surface area contributed by atoms with Crippen LogP contribution in [-0.2, 0) is 6.42 Å². The van der Waals surface area contributed by atoms with Gasteiger partial charge in [-0.25, -0.2) is 13.2 Å². The van der Waals surface area contributed by atoms with Crippen molar-refractivity contribution in [1.29, 1.82) is 0 Å². The van der Waals surface area contributed by atoms with Crippen molar-refractivity contribution in [2.75, 3.05) is 0 Å². The maximum absolute atomic E-state index is 12.7. The molecule has 1 rings (SSSR count). The molecule has 0 amide bonds. The van der Waals surface area contributed by atoms with E-state index in [0.29, 0.717) is 0 Å². The highest BCUT2D eigenvalue weighted by molar-refractivity contribution is 6.31. The van der Waals surface area contributed by atoms with Crippen LogP contribution in [0.1, 0.15) is 5.56 Å². The average Bonchev–Trinajstić information content (AvgIpc) is 2.11. The zero-order valence-corrected chi connectivity index (χ0v) is 7.81. The van der Waals surface area contributed by atoms with Gasteiger partial charge in [-0.05, 0) is 23.8 Å². The van der Waals surface area contributed by atoms with Crippen molar-refractivity contribution in [2.45, 2.75) is 19.0 Å². The van der Waals surface area contributed by atoms with Crippen molar-refractivity contribution in [3.63, 3.8) is 0 Å². The van der Waals surface area contributed by atoms with Crippen molar-refractivity contribution in [3.8, 4) is 0 Å². The van der Waals surface area contributed by atoms with E-state index < -0.39 is 18.3 Å². The molecule has 1 atom stereocenters. The fraction of sp³-hybridized carbons (Fsp3) is 0.333. The van der Waals surface area contributed by atoms with Gasteiger partial charge in [0.2, 0.25) is 0 Å². The van der Waals surface area contributed by atoms with Crippen molar-refractivity contribution >= 4 is 11.6 Å². The normalized spacial score (nSPS) is 13.3. The van der Waals surface area contributed by atoms with Crippen LogP contribution < -0.4 is 0 Å². The molecule has 0 aromatic heterocycles. The highest BCUT2D eigenvalue weighted by Crippen LogP contribution is 2.20. The number of alkyl halides is 2. The van der Waals surface area contributed by atoms with Gasteiger partial charge >= 0.3 is 0 Å². The van der Waals surface area contributed by atoms with Gasteiger partial charge in [-0.3, -0.25) is 0 Å². The molecule has 1 aromatic rings. The Morgan fingerprint density at radius 1 is 1.36 bits per heavy atom. The molecule has 0 bridgehead atoms. The smallest absolute Gasteiger partial charge is 0.264 e. The third-order valence-corrected chi connectivity index (χ3v) is 2.10. The molecule has 0 aliphatic carbocycles. The second-order valence-electron chi connectivity index (χ2n) is 2.84. The third-order valence-electron chi connectivity index (χ3n) is 1.73. The average molecular weight is 225 g/mol. The predicted octanol–water partition coefficient (Wildman–Crippen LogP) is 2.65. The van der Waals surface area contributed by atoms with Gasteiger partial charge in [-0.1, -0.05) is 11.6 Å². The van der Waals surface area contributed by atoms with Gasteiger partial charge in [0, 0.05) is 11.4 Å². The molecule has 1 unspecified atom stereocenters. The summed E-state index contributed by atoms with van der Waals surface area (Å²) in [5, 5.41) is 9.04. The van der Waals surface area contributed by atoms with Gasteiger partial charge in [-0.15, -0.1) is 0 Å². The van der Waals surface area contributed by atoms with E-state index in [0.717, 1.165) is 12.1 Å². The minimum absolute atomic E-state index is 0.172. The summed E-state index contributed by atoms with van der Waals surface area (Å²) in [4.78, 5) is 0. The molecule has 0 aliphatic rings. The Labute approximate surface area is 84.1 Å². The van der Waals surface area contributed by atoms with Crippen LogP contribution in [0.25, 0.3) is 0 Å². The Morgan fingerprint density at radius 3 is 2.57 bits per heavy atom. The van der Waals surface area contributed by atoms with Crippen molar-refractivity contribution in [1.82, 2.24) is 0 Å². The quantitative estimate of drug-likeness (QED) is 0.837. The number of benzene rings is 1. The highest BCUT2D eigenvalue weighted by Gasteiger charge is 2.18. The van der Waals surface area contributed by atoms with Crippen LogP contribution in [0.15, 0.2) is 18.2 Å². The lowest BCUT2D eigenvalue weighted by Gasteiger charge is -2.10. The van der Waals surface area contributed by atoms with Gasteiger partial charge in [0.1, 0.15) is 11.9 Å². The van der Waals surface area contributed by atoms with E-state index in [4.69, 9.17) is 16.7 Å². The summed E-state index contributed by atoms with van der Waals surface area (Å²) in [6.45, 7) is 0. The van der Waals surface area contributed by atoms with E-state index in [9.17, 15) is 13.2 Å². The number of rotatable bonds is 3. The number of hydrogen-bond acceptors (Lipinski definition) is 1. The molecule has 0 spiro atoms. The first-order valence-electron chi connectivity index (χ1n) is 3.91. The highest BCUT2D eigenvalue weighted by atomic mass is 35.5. The van der Waals surface area contributed by atoms with Crippen LogP contribution in [0.5, 0.6) is 0 Å². The SMILES string of the molecule is OC(Cc1cc(F)ccc1Cl)C(F)F. The molecule has 1 N–H and O–H groups in total. The molecule has 5 heteroatoms. The molecular weight excluding hydrogens is 217 g/mol. The lowest BCUT2D eigenvalue weighted by Crippen LogP contribution is -2.20. The lowest BCUT2D eigenvalue weighted by molar-refractivity contribution is -0.00367. The van der Waals surface area contributed by atoms with E-state index in [1.54, 1.807) is 0 Å².